The van der Waals surface area contributed by atoms with Crippen LogP contribution in [-0.4, -0.2) is 16.9 Å². The van der Waals surface area contributed by atoms with Gasteiger partial charge in [-0.2, -0.15) is 0 Å². The molecule has 0 heterocycles. The predicted molar refractivity (Wildman–Crippen MR) is 41.3 cm³/mol. The number of carbonyl (C=O) groups excluding carboxylic acids is 1. The van der Waals surface area contributed by atoms with E-state index in [0.717, 1.165) is 0 Å². The standard InChI is InChI=1S/C8H12O3/c1-2-3-4-7(9)5-6-8(10)11/h2H,1,3-6H2,(H,10,11). The quantitative estimate of drug-likeness (QED) is 0.591. The van der Waals surface area contributed by atoms with Crippen molar-refractivity contribution in [1.82, 2.24) is 0 Å². The second kappa shape index (κ2) is 5.65. The molecule has 0 aromatic heterocycles. The smallest absolute Gasteiger partial charge is 0.303 e. The molecule has 11 heavy (non-hydrogen) atoms. The Hall–Kier alpha value is -1.12. The van der Waals surface area contributed by atoms with Crippen LogP contribution in [0.2, 0.25) is 0 Å². The van der Waals surface area contributed by atoms with Gasteiger partial charge in [0.1, 0.15) is 5.78 Å². The minimum absolute atomic E-state index is 0.00713. The summed E-state index contributed by atoms with van der Waals surface area (Å²) < 4.78 is 0. The van der Waals surface area contributed by atoms with Gasteiger partial charge in [-0.1, -0.05) is 6.08 Å². The zero-order chi connectivity index (χ0) is 8.69. The van der Waals surface area contributed by atoms with Gasteiger partial charge in [0.25, 0.3) is 0 Å². The van der Waals surface area contributed by atoms with Crippen molar-refractivity contribution in [3.05, 3.63) is 12.7 Å². The van der Waals surface area contributed by atoms with Crippen molar-refractivity contribution < 1.29 is 14.7 Å². The van der Waals surface area contributed by atoms with Crippen LogP contribution < -0.4 is 0 Å². The maximum atomic E-state index is 10.8. The van der Waals surface area contributed by atoms with Crippen LogP contribution in [0, 0.1) is 0 Å². The number of Topliss-reactive ketones (excluding diaryl/α,β-unsaturated/α-hetero) is 1. The number of carboxylic acid groups (broad SMARTS) is 1. The lowest BCUT2D eigenvalue weighted by Crippen LogP contribution is -2.02. The molecule has 0 saturated heterocycles. The van der Waals surface area contributed by atoms with Gasteiger partial charge in [0.05, 0.1) is 6.42 Å². The SMILES string of the molecule is C=CCCC(=O)CCC(=O)O. The molecule has 0 bridgehead atoms. The third-order valence-corrected chi connectivity index (χ3v) is 1.25. The number of allylic oxidation sites excluding steroid dienone is 1. The summed E-state index contributed by atoms with van der Waals surface area (Å²) >= 11 is 0. The number of rotatable bonds is 6. The minimum Gasteiger partial charge on any atom is -0.481 e. The van der Waals surface area contributed by atoms with Crippen LogP contribution in [0.15, 0.2) is 12.7 Å². The fourth-order valence-electron chi connectivity index (χ4n) is 0.634. The van der Waals surface area contributed by atoms with Crippen LogP contribution >= 0.6 is 0 Å². The fourth-order valence-corrected chi connectivity index (χ4v) is 0.634. The van der Waals surface area contributed by atoms with E-state index in [1.807, 2.05) is 0 Å². The van der Waals surface area contributed by atoms with Crippen molar-refractivity contribution >= 4 is 11.8 Å². The second-order valence-electron chi connectivity index (χ2n) is 2.26. The summed E-state index contributed by atoms with van der Waals surface area (Å²) in [6.45, 7) is 3.46. The van der Waals surface area contributed by atoms with Crippen LogP contribution in [0.5, 0.6) is 0 Å². The summed E-state index contributed by atoms with van der Waals surface area (Å²) in [6, 6.07) is 0. The first-order chi connectivity index (χ1) is 5.16. The molecule has 0 spiro atoms. The third-order valence-electron chi connectivity index (χ3n) is 1.25. The molecule has 0 amide bonds. The average Bonchev–Trinajstić information content (AvgIpc) is 1.97. The number of aliphatic carboxylic acids is 1. The third kappa shape index (κ3) is 6.77. The molecule has 0 saturated carbocycles. The normalized spacial score (nSPS) is 9.09. The van der Waals surface area contributed by atoms with Gasteiger partial charge >= 0.3 is 5.97 Å². The summed E-state index contributed by atoms with van der Waals surface area (Å²) in [4.78, 5) is 20.8. The van der Waals surface area contributed by atoms with Crippen molar-refractivity contribution in [2.24, 2.45) is 0 Å². The van der Waals surface area contributed by atoms with Gasteiger partial charge in [0.2, 0.25) is 0 Å². The van der Waals surface area contributed by atoms with Gasteiger partial charge in [-0.15, -0.1) is 6.58 Å². The minimum atomic E-state index is -0.919. The zero-order valence-corrected chi connectivity index (χ0v) is 6.38. The number of hydrogen-bond acceptors (Lipinski definition) is 2. The van der Waals surface area contributed by atoms with E-state index in [1.54, 1.807) is 6.08 Å². The van der Waals surface area contributed by atoms with E-state index in [9.17, 15) is 9.59 Å². The Balaban J connectivity index is 3.37. The van der Waals surface area contributed by atoms with Crippen molar-refractivity contribution in [1.29, 1.82) is 0 Å². The van der Waals surface area contributed by atoms with Crippen molar-refractivity contribution in [3.8, 4) is 0 Å². The number of carboxylic acids is 1. The summed E-state index contributed by atoms with van der Waals surface area (Å²) in [5.74, 6) is -0.927. The van der Waals surface area contributed by atoms with Gasteiger partial charge in [-0.3, -0.25) is 9.59 Å². The molecule has 0 fully saturated rings. The lowest BCUT2D eigenvalue weighted by atomic mass is 10.1. The Morgan fingerprint density at radius 3 is 2.36 bits per heavy atom. The van der Waals surface area contributed by atoms with Gasteiger partial charge in [-0.05, 0) is 6.42 Å². The molecule has 0 aliphatic carbocycles. The summed E-state index contributed by atoms with van der Waals surface area (Å²) in [7, 11) is 0. The molecule has 0 radical (unpaired) electrons. The van der Waals surface area contributed by atoms with Gasteiger partial charge in [0, 0.05) is 12.8 Å². The Morgan fingerprint density at radius 1 is 1.27 bits per heavy atom. The Kier molecular flexibility index (Phi) is 5.07. The second-order valence-corrected chi connectivity index (χ2v) is 2.26. The van der Waals surface area contributed by atoms with E-state index < -0.39 is 5.97 Å². The molecule has 62 valence electrons. The molecule has 0 aromatic rings. The Bertz CT molecular complexity index is 161. The molecule has 0 rings (SSSR count). The zero-order valence-electron chi connectivity index (χ0n) is 6.38. The Morgan fingerprint density at radius 2 is 1.91 bits per heavy atom. The van der Waals surface area contributed by atoms with Gasteiger partial charge in [0.15, 0.2) is 0 Å². The van der Waals surface area contributed by atoms with Crippen LogP contribution in [-0.2, 0) is 9.59 Å². The highest BCUT2D eigenvalue weighted by atomic mass is 16.4. The highest BCUT2D eigenvalue weighted by molar-refractivity contribution is 5.82. The number of hydrogen-bond donors (Lipinski definition) is 1. The summed E-state index contributed by atoms with van der Waals surface area (Å²) in [5, 5.41) is 8.22. The van der Waals surface area contributed by atoms with Crippen molar-refractivity contribution in [2.45, 2.75) is 25.7 Å². The highest BCUT2D eigenvalue weighted by Gasteiger charge is 2.03. The maximum Gasteiger partial charge on any atom is 0.303 e. The molecule has 0 aliphatic rings. The molecular weight excluding hydrogens is 144 g/mol. The molecule has 0 unspecified atom stereocenters. The van der Waals surface area contributed by atoms with E-state index in [-0.39, 0.29) is 18.6 Å². The average molecular weight is 156 g/mol. The number of ketones is 1. The largest absolute Gasteiger partial charge is 0.481 e. The fraction of sp³-hybridized carbons (Fsp3) is 0.500. The van der Waals surface area contributed by atoms with Crippen LogP contribution in [0.1, 0.15) is 25.7 Å². The van der Waals surface area contributed by atoms with Crippen molar-refractivity contribution in [2.75, 3.05) is 0 Å². The predicted octanol–water partition coefficient (Wildman–Crippen LogP) is 1.39. The topological polar surface area (TPSA) is 54.4 Å². The first kappa shape index (κ1) is 9.88. The van der Waals surface area contributed by atoms with Gasteiger partial charge < -0.3 is 5.11 Å². The molecule has 1 N–H and O–H groups in total. The number of carbonyl (C=O) groups is 2. The van der Waals surface area contributed by atoms with Crippen LogP contribution in [0.3, 0.4) is 0 Å². The molecular formula is C8H12O3. The molecule has 0 aliphatic heterocycles. The Labute approximate surface area is 65.7 Å². The molecule has 3 heteroatoms. The highest BCUT2D eigenvalue weighted by Crippen LogP contribution is 1.98. The van der Waals surface area contributed by atoms with E-state index >= 15 is 0 Å². The lowest BCUT2D eigenvalue weighted by Gasteiger charge is -1.93. The van der Waals surface area contributed by atoms with E-state index in [1.165, 1.54) is 0 Å². The maximum absolute atomic E-state index is 10.8. The van der Waals surface area contributed by atoms with Crippen LogP contribution in [0.4, 0.5) is 0 Å². The van der Waals surface area contributed by atoms with Crippen molar-refractivity contribution in [3.63, 3.8) is 0 Å². The monoisotopic (exact) mass is 156 g/mol. The van der Waals surface area contributed by atoms with E-state index in [2.05, 4.69) is 6.58 Å². The molecule has 0 aromatic carbocycles. The van der Waals surface area contributed by atoms with Crippen LogP contribution in [0.25, 0.3) is 0 Å². The van der Waals surface area contributed by atoms with Gasteiger partial charge in [-0.25, -0.2) is 0 Å². The molecule has 0 atom stereocenters. The van der Waals surface area contributed by atoms with E-state index in [4.69, 9.17) is 5.11 Å². The first-order valence-electron chi connectivity index (χ1n) is 3.51. The molecule has 3 nitrogen and oxygen atoms in total. The lowest BCUT2D eigenvalue weighted by molar-refractivity contribution is -0.138. The first-order valence-corrected chi connectivity index (χ1v) is 3.51. The summed E-state index contributed by atoms with van der Waals surface area (Å²) in [5.41, 5.74) is 0. The van der Waals surface area contributed by atoms with E-state index in [0.29, 0.717) is 12.8 Å². The summed E-state index contributed by atoms with van der Waals surface area (Å²) in [6.07, 6.45) is 2.78.